The molecule has 0 bridgehead atoms. The highest BCUT2D eigenvalue weighted by atomic mass is 19.1. The van der Waals surface area contributed by atoms with Crippen LogP contribution in [0.1, 0.15) is 13.3 Å². The lowest BCUT2D eigenvalue weighted by Gasteiger charge is -2.20. The van der Waals surface area contributed by atoms with Crippen molar-refractivity contribution in [2.45, 2.75) is 19.4 Å². The molecule has 6 nitrogen and oxygen atoms in total. The fourth-order valence-electron chi connectivity index (χ4n) is 1.55. The number of ether oxygens (including phenoxy) is 1. The average Bonchev–Trinajstić information content (AvgIpc) is 2.42. The molecule has 7 heteroatoms. The van der Waals surface area contributed by atoms with Gasteiger partial charge < -0.3 is 20.1 Å². The van der Waals surface area contributed by atoms with Crippen LogP contribution in [0.3, 0.4) is 0 Å². The number of aliphatic carboxylic acids is 1. The lowest BCUT2D eigenvalue weighted by molar-refractivity contribution is -0.137. The second-order valence-electron chi connectivity index (χ2n) is 4.64. The molecule has 0 fully saturated rings. The van der Waals surface area contributed by atoms with Crippen molar-refractivity contribution in [1.82, 2.24) is 10.2 Å². The highest BCUT2D eigenvalue weighted by Crippen LogP contribution is 2.13. The Hall–Kier alpha value is -2.31. The van der Waals surface area contributed by atoms with Gasteiger partial charge >= 0.3 is 12.0 Å². The van der Waals surface area contributed by atoms with Crippen LogP contribution in [0.15, 0.2) is 24.3 Å². The Morgan fingerprint density at radius 3 is 2.81 bits per heavy atom. The Bertz CT molecular complexity index is 496. The quantitative estimate of drug-likeness (QED) is 0.803. The minimum atomic E-state index is -0.961. The zero-order chi connectivity index (χ0) is 15.8. The van der Waals surface area contributed by atoms with Crippen molar-refractivity contribution >= 4 is 12.0 Å². The van der Waals surface area contributed by atoms with Gasteiger partial charge in [-0.25, -0.2) is 9.18 Å². The van der Waals surface area contributed by atoms with Gasteiger partial charge in [0.2, 0.25) is 0 Å². The van der Waals surface area contributed by atoms with E-state index in [1.807, 2.05) is 0 Å². The normalized spacial score (nSPS) is 11.6. The number of halogens is 1. The number of rotatable bonds is 7. The molecule has 116 valence electrons. The topological polar surface area (TPSA) is 78.9 Å². The number of benzene rings is 1. The second-order valence-corrected chi connectivity index (χ2v) is 4.64. The van der Waals surface area contributed by atoms with Crippen LogP contribution in [-0.2, 0) is 4.79 Å². The molecule has 0 saturated carbocycles. The predicted octanol–water partition coefficient (Wildman–Crippen LogP) is 1.71. The van der Waals surface area contributed by atoms with E-state index in [0.717, 1.165) is 0 Å². The molecular weight excluding hydrogens is 279 g/mol. The van der Waals surface area contributed by atoms with Crippen LogP contribution in [0, 0.1) is 5.82 Å². The summed E-state index contributed by atoms with van der Waals surface area (Å²) < 4.78 is 18.4. The Kier molecular flexibility index (Phi) is 6.45. The molecule has 1 aromatic rings. The van der Waals surface area contributed by atoms with E-state index < -0.39 is 11.8 Å². The van der Waals surface area contributed by atoms with Gasteiger partial charge in [0.25, 0.3) is 0 Å². The Balaban J connectivity index is 2.33. The second kappa shape index (κ2) is 8.08. The molecule has 1 unspecified atom stereocenters. The van der Waals surface area contributed by atoms with E-state index in [1.54, 1.807) is 13.0 Å². The summed E-state index contributed by atoms with van der Waals surface area (Å²) in [5.74, 6) is -0.967. The first-order valence-corrected chi connectivity index (χ1v) is 6.51. The lowest BCUT2D eigenvalue weighted by atomic mass is 10.3. The number of nitrogens with zero attached hydrogens (tertiary/aromatic N) is 1. The van der Waals surface area contributed by atoms with Crippen LogP contribution in [0.5, 0.6) is 5.75 Å². The first kappa shape index (κ1) is 16.7. The van der Waals surface area contributed by atoms with E-state index in [0.29, 0.717) is 5.75 Å². The third-order valence-electron chi connectivity index (χ3n) is 2.68. The van der Waals surface area contributed by atoms with E-state index >= 15 is 0 Å². The van der Waals surface area contributed by atoms with Crippen LogP contribution in [0.2, 0.25) is 0 Å². The molecule has 0 aliphatic rings. The van der Waals surface area contributed by atoms with E-state index in [2.05, 4.69) is 5.32 Å². The van der Waals surface area contributed by atoms with E-state index in [-0.39, 0.29) is 31.6 Å². The summed E-state index contributed by atoms with van der Waals surface area (Å²) in [6, 6.07) is 5.36. The van der Waals surface area contributed by atoms with Gasteiger partial charge in [-0.1, -0.05) is 6.07 Å². The van der Waals surface area contributed by atoms with E-state index in [4.69, 9.17) is 9.84 Å². The van der Waals surface area contributed by atoms with Crippen LogP contribution in [0.4, 0.5) is 9.18 Å². The van der Waals surface area contributed by atoms with Crippen molar-refractivity contribution in [2.75, 3.05) is 20.1 Å². The van der Waals surface area contributed by atoms with Crippen molar-refractivity contribution in [3.8, 4) is 5.75 Å². The number of carboxylic acid groups (broad SMARTS) is 1. The predicted molar refractivity (Wildman–Crippen MR) is 74.8 cm³/mol. The Morgan fingerprint density at radius 1 is 1.48 bits per heavy atom. The van der Waals surface area contributed by atoms with Crippen molar-refractivity contribution in [3.05, 3.63) is 30.1 Å². The van der Waals surface area contributed by atoms with Gasteiger partial charge in [0, 0.05) is 19.7 Å². The minimum Gasteiger partial charge on any atom is -0.489 e. The highest BCUT2D eigenvalue weighted by molar-refractivity contribution is 5.75. The molecule has 21 heavy (non-hydrogen) atoms. The summed E-state index contributed by atoms with van der Waals surface area (Å²) in [6.07, 6.45) is -0.456. The molecule has 0 aliphatic carbocycles. The average molecular weight is 298 g/mol. The number of hydrogen-bond donors (Lipinski definition) is 2. The summed E-state index contributed by atoms with van der Waals surface area (Å²) in [6.45, 7) is 2.09. The number of amides is 2. The fraction of sp³-hybridized carbons (Fsp3) is 0.429. The highest BCUT2D eigenvalue weighted by Gasteiger charge is 2.12. The smallest absolute Gasteiger partial charge is 0.317 e. The largest absolute Gasteiger partial charge is 0.489 e. The third-order valence-corrected chi connectivity index (χ3v) is 2.68. The molecule has 1 rings (SSSR count). The number of carboxylic acids is 1. The molecule has 0 spiro atoms. The molecule has 0 aliphatic heterocycles. The van der Waals surface area contributed by atoms with Crippen LogP contribution >= 0.6 is 0 Å². The minimum absolute atomic E-state index is 0.112. The summed E-state index contributed by atoms with van der Waals surface area (Å²) in [4.78, 5) is 23.4. The van der Waals surface area contributed by atoms with Gasteiger partial charge in [0.1, 0.15) is 17.7 Å². The SMILES string of the molecule is CC(CNC(=O)N(C)CCC(=O)O)Oc1cccc(F)c1. The molecule has 1 aromatic carbocycles. The van der Waals surface area contributed by atoms with Gasteiger partial charge in [-0.2, -0.15) is 0 Å². The van der Waals surface area contributed by atoms with Gasteiger partial charge in [0.15, 0.2) is 0 Å². The van der Waals surface area contributed by atoms with Crippen LogP contribution in [-0.4, -0.2) is 48.2 Å². The van der Waals surface area contributed by atoms with E-state index in [1.165, 1.54) is 30.1 Å². The van der Waals surface area contributed by atoms with Gasteiger partial charge in [0.05, 0.1) is 13.0 Å². The maximum atomic E-state index is 13.0. The molecule has 0 radical (unpaired) electrons. The van der Waals surface area contributed by atoms with Gasteiger partial charge in [-0.3, -0.25) is 4.79 Å². The zero-order valence-electron chi connectivity index (χ0n) is 12.0. The van der Waals surface area contributed by atoms with Crippen LogP contribution in [0.25, 0.3) is 0 Å². The first-order chi connectivity index (χ1) is 9.88. The van der Waals surface area contributed by atoms with E-state index in [9.17, 15) is 14.0 Å². The molecule has 1 atom stereocenters. The summed E-state index contributed by atoms with van der Waals surface area (Å²) in [7, 11) is 1.51. The Labute approximate surface area is 122 Å². The number of urea groups is 1. The van der Waals surface area contributed by atoms with Crippen molar-refractivity contribution < 1.29 is 23.8 Å². The maximum Gasteiger partial charge on any atom is 0.317 e. The van der Waals surface area contributed by atoms with Crippen molar-refractivity contribution in [3.63, 3.8) is 0 Å². The van der Waals surface area contributed by atoms with Crippen molar-refractivity contribution in [2.24, 2.45) is 0 Å². The number of nitrogens with one attached hydrogen (secondary N) is 1. The van der Waals surface area contributed by atoms with Gasteiger partial charge in [-0.15, -0.1) is 0 Å². The fourth-order valence-corrected chi connectivity index (χ4v) is 1.55. The zero-order valence-corrected chi connectivity index (χ0v) is 12.0. The lowest BCUT2D eigenvalue weighted by Crippen LogP contribution is -2.42. The summed E-state index contributed by atoms with van der Waals surface area (Å²) >= 11 is 0. The number of hydrogen-bond acceptors (Lipinski definition) is 3. The van der Waals surface area contributed by atoms with Crippen LogP contribution < -0.4 is 10.1 Å². The molecular formula is C14H19FN2O4. The standard InChI is InChI=1S/C14H19FN2O4/c1-10(21-12-5-3-4-11(15)8-12)9-16-14(20)17(2)7-6-13(18)19/h3-5,8,10H,6-7,9H2,1-2H3,(H,16,20)(H,18,19). The summed E-state index contributed by atoms with van der Waals surface area (Å²) in [5.41, 5.74) is 0. The summed E-state index contributed by atoms with van der Waals surface area (Å²) in [5, 5.41) is 11.2. The molecule has 2 amide bonds. The number of carbonyl (C=O) groups excluding carboxylic acids is 1. The van der Waals surface area contributed by atoms with Crippen molar-refractivity contribution in [1.29, 1.82) is 0 Å². The number of carbonyl (C=O) groups is 2. The molecule has 2 N–H and O–H groups in total. The third kappa shape index (κ3) is 6.60. The first-order valence-electron chi connectivity index (χ1n) is 6.51. The molecule has 0 aromatic heterocycles. The Morgan fingerprint density at radius 2 is 2.19 bits per heavy atom. The van der Waals surface area contributed by atoms with Gasteiger partial charge in [-0.05, 0) is 19.1 Å². The molecule has 0 saturated heterocycles. The molecule has 0 heterocycles. The monoisotopic (exact) mass is 298 g/mol. The maximum absolute atomic E-state index is 13.0.